The Morgan fingerprint density at radius 3 is 2.74 bits per heavy atom. The van der Waals surface area contributed by atoms with Crippen molar-refractivity contribution < 1.29 is 4.39 Å². The van der Waals surface area contributed by atoms with Crippen LogP contribution in [-0.4, -0.2) is 19.6 Å². The molecule has 0 atom stereocenters. The Bertz CT molecular complexity index is 534. The molecule has 0 radical (unpaired) electrons. The summed E-state index contributed by atoms with van der Waals surface area (Å²) in [5.74, 6) is -0.291. The van der Waals surface area contributed by atoms with Crippen LogP contribution in [0.3, 0.4) is 0 Å². The van der Waals surface area contributed by atoms with E-state index < -0.39 is 0 Å². The highest BCUT2D eigenvalue weighted by Crippen LogP contribution is 2.14. The number of nitrogens with zero attached hydrogens (tertiary/aromatic N) is 4. The fraction of sp³-hybridized carbons (Fsp3) is 0.500. The molecule has 0 aromatic carbocycles. The first kappa shape index (κ1) is 15.5. The minimum Gasteiger partial charge on any atom is -0.378 e. The number of hydrogen-bond donors (Lipinski definition) is 1. The number of aryl methyl sites for hydroxylation is 3. The molecule has 2 aromatic heterocycles. The summed E-state index contributed by atoms with van der Waals surface area (Å²) in [6.07, 6.45) is 4.71. The number of nitrogens with one attached hydrogen (secondary N) is 1. The van der Waals surface area contributed by atoms with Crippen molar-refractivity contribution in [1.82, 2.24) is 19.6 Å². The van der Waals surface area contributed by atoms with Crippen molar-refractivity contribution in [3.05, 3.63) is 29.6 Å². The highest BCUT2D eigenvalue weighted by atomic mass is 35.5. The van der Waals surface area contributed by atoms with Gasteiger partial charge >= 0.3 is 0 Å². The van der Waals surface area contributed by atoms with Gasteiger partial charge in [0.15, 0.2) is 0 Å². The Labute approximate surface area is 118 Å². The second-order valence-electron chi connectivity index (χ2n) is 4.32. The summed E-state index contributed by atoms with van der Waals surface area (Å²) in [6.45, 7) is 5.22. The maximum Gasteiger partial charge on any atom is 0.216 e. The normalized spacial score (nSPS) is 10.3. The molecule has 0 saturated heterocycles. The van der Waals surface area contributed by atoms with Gasteiger partial charge in [-0.15, -0.1) is 12.4 Å². The van der Waals surface area contributed by atoms with Gasteiger partial charge in [0.2, 0.25) is 5.95 Å². The van der Waals surface area contributed by atoms with Gasteiger partial charge in [-0.2, -0.15) is 14.6 Å². The minimum absolute atomic E-state index is 0. The second-order valence-corrected chi connectivity index (χ2v) is 4.32. The fourth-order valence-electron chi connectivity index (χ4n) is 1.87. The van der Waals surface area contributed by atoms with Crippen LogP contribution < -0.4 is 5.32 Å². The Hall–Kier alpha value is -1.56. The van der Waals surface area contributed by atoms with E-state index in [0.717, 1.165) is 18.7 Å². The molecule has 2 heterocycles. The van der Waals surface area contributed by atoms with Gasteiger partial charge in [-0.25, -0.2) is 4.68 Å². The lowest BCUT2D eigenvalue weighted by atomic mass is 10.2. The Morgan fingerprint density at radius 2 is 2.16 bits per heavy atom. The Kier molecular flexibility index (Phi) is 5.35. The van der Waals surface area contributed by atoms with E-state index in [-0.39, 0.29) is 18.4 Å². The summed E-state index contributed by atoms with van der Waals surface area (Å²) >= 11 is 0. The average molecular weight is 288 g/mol. The highest BCUT2D eigenvalue weighted by molar-refractivity contribution is 5.85. The molecule has 19 heavy (non-hydrogen) atoms. The summed E-state index contributed by atoms with van der Waals surface area (Å²) in [5.41, 5.74) is 2.20. The van der Waals surface area contributed by atoms with Crippen LogP contribution in [-0.2, 0) is 20.1 Å². The third kappa shape index (κ3) is 3.47. The van der Waals surface area contributed by atoms with E-state index in [2.05, 4.69) is 22.4 Å². The van der Waals surface area contributed by atoms with E-state index in [1.54, 1.807) is 20.2 Å². The van der Waals surface area contributed by atoms with E-state index in [1.807, 2.05) is 10.9 Å². The van der Waals surface area contributed by atoms with Crippen LogP contribution in [0.15, 0.2) is 12.4 Å². The predicted octanol–water partition coefficient (Wildman–Crippen LogP) is 2.51. The van der Waals surface area contributed by atoms with Crippen molar-refractivity contribution >= 4 is 18.1 Å². The molecule has 2 rings (SSSR count). The summed E-state index contributed by atoms with van der Waals surface area (Å²) in [5, 5.41) is 11.4. The molecule has 0 fully saturated rings. The zero-order valence-electron chi connectivity index (χ0n) is 11.4. The molecule has 5 nitrogen and oxygen atoms in total. The van der Waals surface area contributed by atoms with Crippen LogP contribution in [0, 0.1) is 12.9 Å². The number of anilines is 1. The standard InChI is InChI=1S/C12H18FN5.ClH/c1-4-5-18-8-10(6-15-18)14-7-11-9(2)16-17(3)12(11)13;/h6,8,14H,4-5,7H2,1-3H3;1H. The van der Waals surface area contributed by atoms with Gasteiger partial charge < -0.3 is 5.32 Å². The summed E-state index contributed by atoms with van der Waals surface area (Å²) in [4.78, 5) is 0. The first-order valence-corrected chi connectivity index (χ1v) is 6.06. The third-order valence-corrected chi connectivity index (χ3v) is 2.83. The first-order chi connectivity index (χ1) is 8.61. The van der Waals surface area contributed by atoms with Gasteiger partial charge in [0.05, 0.1) is 17.6 Å². The average Bonchev–Trinajstić information content (AvgIpc) is 2.85. The summed E-state index contributed by atoms with van der Waals surface area (Å²) in [7, 11) is 1.60. The predicted molar refractivity (Wildman–Crippen MR) is 75.0 cm³/mol. The third-order valence-electron chi connectivity index (χ3n) is 2.83. The lowest BCUT2D eigenvalue weighted by molar-refractivity contribution is 0.496. The van der Waals surface area contributed by atoms with Gasteiger partial charge in [-0.3, -0.25) is 4.68 Å². The zero-order chi connectivity index (χ0) is 13.1. The summed E-state index contributed by atoms with van der Waals surface area (Å²) in [6, 6.07) is 0. The molecular weight excluding hydrogens is 269 g/mol. The zero-order valence-corrected chi connectivity index (χ0v) is 12.2. The van der Waals surface area contributed by atoms with E-state index in [0.29, 0.717) is 17.8 Å². The SMILES string of the molecule is CCCn1cc(NCc2c(C)nn(C)c2F)cn1.Cl. The van der Waals surface area contributed by atoms with Crippen LogP contribution in [0.5, 0.6) is 0 Å². The van der Waals surface area contributed by atoms with Crippen LogP contribution in [0.2, 0.25) is 0 Å². The maximum atomic E-state index is 13.7. The molecule has 0 bridgehead atoms. The molecule has 0 unspecified atom stereocenters. The van der Waals surface area contributed by atoms with Crippen LogP contribution >= 0.6 is 12.4 Å². The molecule has 2 aromatic rings. The molecule has 106 valence electrons. The van der Waals surface area contributed by atoms with Crippen molar-refractivity contribution in [3.8, 4) is 0 Å². The van der Waals surface area contributed by atoms with Gasteiger partial charge in [0.1, 0.15) is 0 Å². The van der Waals surface area contributed by atoms with E-state index >= 15 is 0 Å². The van der Waals surface area contributed by atoms with Crippen LogP contribution in [0.4, 0.5) is 10.1 Å². The second kappa shape index (κ2) is 6.56. The lowest BCUT2D eigenvalue weighted by Gasteiger charge is -2.02. The molecule has 7 heteroatoms. The molecule has 0 aliphatic rings. The molecule has 0 amide bonds. The quantitative estimate of drug-likeness (QED) is 0.919. The number of halogens is 2. The molecule has 0 aliphatic heterocycles. The van der Waals surface area contributed by atoms with Crippen LogP contribution in [0.25, 0.3) is 0 Å². The Balaban J connectivity index is 0.00000180. The van der Waals surface area contributed by atoms with Gasteiger partial charge in [-0.05, 0) is 13.3 Å². The van der Waals surface area contributed by atoms with Gasteiger partial charge in [0.25, 0.3) is 0 Å². The van der Waals surface area contributed by atoms with E-state index in [9.17, 15) is 4.39 Å². The minimum atomic E-state index is -0.291. The molecule has 0 spiro atoms. The molecular formula is C12H19ClFN5. The first-order valence-electron chi connectivity index (χ1n) is 6.06. The smallest absolute Gasteiger partial charge is 0.216 e. The number of hydrogen-bond acceptors (Lipinski definition) is 3. The molecule has 0 aliphatic carbocycles. The van der Waals surface area contributed by atoms with Gasteiger partial charge in [-0.1, -0.05) is 6.92 Å². The van der Waals surface area contributed by atoms with Crippen molar-refractivity contribution in [2.24, 2.45) is 7.05 Å². The Morgan fingerprint density at radius 1 is 1.42 bits per heavy atom. The largest absolute Gasteiger partial charge is 0.378 e. The number of aromatic nitrogens is 4. The van der Waals surface area contributed by atoms with Crippen molar-refractivity contribution in [2.45, 2.75) is 33.4 Å². The van der Waals surface area contributed by atoms with Gasteiger partial charge in [0, 0.05) is 31.9 Å². The van der Waals surface area contributed by atoms with E-state index in [4.69, 9.17) is 0 Å². The highest BCUT2D eigenvalue weighted by Gasteiger charge is 2.12. The summed E-state index contributed by atoms with van der Waals surface area (Å²) < 4.78 is 16.8. The van der Waals surface area contributed by atoms with Crippen molar-refractivity contribution in [3.63, 3.8) is 0 Å². The fourth-order valence-corrected chi connectivity index (χ4v) is 1.87. The molecule has 1 N–H and O–H groups in total. The lowest BCUT2D eigenvalue weighted by Crippen LogP contribution is -2.02. The molecule has 0 saturated carbocycles. The van der Waals surface area contributed by atoms with Crippen molar-refractivity contribution in [1.29, 1.82) is 0 Å². The van der Waals surface area contributed by atoms with E-state index in [1.165, 1.54) is 4.68 Å². The topological polar surface area (TPSA) is 47.7 Å². The monoisotopic (exact) mass is 287 g/mol. The number of rotatable bonds is 5. The maximum absolute atomic E-state index is 13.7. The van der Waals surface area contributed by atoms with Crippen molar-refractivity contribution in [2.75, 3.05) is 5.32 Å². The van der Waals surface area contributed by atoms with Crippen LogP contribution in [0.1, 0.15) is 24.6 Å².